The molecular formula is C16H24N4O3Si. The Hall–Kier alpha value is -1.77. The molecule has 8 heteroatoms. The predicted molar refractivity (Wildman–Crippen MR) is 93.6 cm³/mol. The fourth-order valence-electron chi connectivity index (χ4n) is 2.81. The van der Waals surface area contributed by atoms with E-state index in [1.54, 1.807) is 6.33 Å². The highest BCUT2D eigenvalue weighted by Gasteiger charge is 2.42. The summed E-state index contributed by atoms with van der Waals surface area (Å²) in [7, 11) is -1.36. The van der Waals surface area contributed by atoms with E-state index in [-0.39, 0.29) is 17.6 Å². The maximum absolute atomic E-state index is 9.88. The molecule has 0 bridgehead atoms. The molecule has 0 fully saturated rings. The maximum Gasteiger partial charge on any atom is 0.242 e. The van der Waals surface area contributed by atoms with Crippen LogP contribution in [0.4, 0.5) is 0 Å². The summed E-state index contributed by atoms with van der Waals surface area (Å²) in [4.78, 5) is 12.3. The summed E-state index contributed by atoms with van der Waals surface area (Å²) in [6, 6.07) is 0. The van der Waals surface area contributed by atoms with Crippen LogP contribution in [0, 0.1) is 0 Å². The largest absolute Gasteiger partial charge is 0.492 e. The van der Waals surface area contributed by atoms with Gasteiger partial charge < -0.3 is 14.6 Å². The van der Waals surface area contributed by atoms with E-state index in [0.29, 0.717) is 17.8 Å². The lowest BCUT2D eigenvalue weighted by molar-refractivity contribution is -0.0898. The van der Waals surface area contributed by atoms with Gasteiger partial charge in [-0.15, -0.1) is 0 Å². The zero-order chi connectivity index (χ0) is 17.5. The third-order valence-electron chi connectivity index (χ3n) is 4.09. The van der Waals surface area contributed by atoms with Crippen LogP contribution in [0.25, 0.3) is 11.2 Å². The summed E-state index contributed by atoms with van der Waals surface area (Å²) >= 11 is 0. The molecule has 0 spiro atoms. The molecule has 3 heterocycles. The summed E-state index contributed by atoms with van der Waals surface area (Å²) in [6.07, 6.45) is 7.02. The van der Waals surface area contributed by atoms with Crippen LogP contribution in [0.15, 0.2) is 24.8 Å². The molecule has 1 aliphatic rings. The average Bonchev–Trinajstić information content (AvgIpc) is 3.09. The quantitative estimate of drug-likeness (QED) is 0.672. The summed E-state index contributed by atoms with van der Waals surface area (Å²) in [6.45, 7) is 11.0. The van der Waals surface area contributed by atoms with Gasteiger partial charge in [0.2, 0.25) is 5.88 Å². The van der Waals surface area contributed by atoms with E-state index in [9.17, 15) is 5.11 Å². The molecule has 0 aliphatic carbocycles. The molecule has 0 saturated heterocycles. The second-order valence-corrected chi connectivity index (χ2v) is 10.5. The second-order valence-electron chi connectivity index (χ2n) is 7.33. The highest BCUT2D eigenvalue weighted by Crippen LogP contribution is 2.35. The molecule has 2 atom stereocenters. The van der Waals surface area contributed by atoms with Gasteiger partial charge in [0, 0.05) is 0 Å². The monoisotopic (exact) mass is 348 g/mol. The molecule has 7 nitrogen and oxygen atoms in total. The van der Waals surface area contributed by atoms with Crippen molar-refractivity contribution >= 4 is 20.0 Å². The number of rotatable bonds is 4. The Kier molecular flexibility index (Phi) is 4.23. The number of aromatic nitrogens is 4. The van der Waals surface area contributed by atoms with E-state index < -0.39 is 14.1 Å². The van der Waals surface area contributed by atoms with E-state index in [2.05, 4.69) is 34.1 Å². The minimum absolute atomic E-state index is 0.117. The lowest BCUT2D eigenvalue weighted by atomic mass is 10.2. The third kappa shape index (κ3) is 2.96. The Morgan fingerprint density at radius 2 is 2.08 bits per heavy atom. The molecule has 0 amide bonds. The molecule has 1 aliphatic heterocycles. The van der Waals surface area contributed by atoms with E-state index >= 15 is 0 Å². The van der Waals surface area contributed by atoms with Crippen LogP contribution in [0.1, 0.15) is 20.8 Å². The fourth-order valence-corrected chi connectivity index (χ4v) is 4.50. The van der Waals surface area contributed by atoms with Crippen molar-refractivity contribution in [3.8, 4) is 5.88 Å². The van der Waals surface area contributed by atoms with Crippen molar-refractivity contribution in [3.05, 3.63) is 24.8 Å². The van der Waals surface area contributed by atoms with Crippen molar-refractivity contribution in [3.63, 3.8) is 0 Å². The molecule has 0 saturated carbocycles. The first-order chi connectivity index (χ1) is 11.2. The summed E-state index contributed by atoms with van der Waals surface area (Å²) in [5.74, 6) is -0.117. The summed E-state index contributed by atoms with van der Waals surface area (Å²) in [5, 5.41) is 9.30. The molecule has 130 valence electrons. The SMILES string of the molecule is C[SiH](C)[C@]1(n2cnc3c(O)ncnc32)C=C[C@@H](COC(C)(C)C)O1. The molecular weight excluding hydrogens is 324 g/mol. The van der Waals surface area contributed by atoms with E-state index in [4.69, 9.17) is 9.47 Å². The fraction of sp³-hybridized carbons (Fsp3) is 0.562. The molecule has 24 heavy (non-hydrogen) atoms. The smallest absolute Gasteiger partial charge is 0.242 e. The Labute approximate surface area is 143 Å². The van der Waals surface area contributed by atoms with Gasteiger partial charge in [0.05, 0.1) is 18.5 Å². The minimum atomic E-state index is -1.36. The van der Waals surface area contributed by atoms with Crippen LogP contribution in [0.2, 0.25) is 13.1 Å². The standard InChI is InChI=1S/C16H24N4O3Si/c1-15(2,3)22-8-11-6-7-16(23-11,24(4)5)20-10-19-12-13(20)17-9-18-14(12)21/h6-7,9-11,24H,8H2,1-5H3,(H,17,18,21)/t11-,16-/m0/s1. The number of nitrogens with zero attached hydrogens (tertiary/aromatic N) is 4. The third-order valence-corrected chi connectivity index (χ3v) is 6.35. The average molecular weight is 348 g/mol. The van der Waals surface area contributed by atoms with Gasteiger partial charge in [0.25, 0.3) is 0 Å². The highest BCUT2D eigenvalue weighted by atomic mass is 28.3. The lowest BCUT2D eigenvalue weighted by Gasteiger charge is -2.34. The highest BCUT2D eigenvalue weighted by molar-refractivity contribution is 6.58. The predicted octanol–water partition coefficient (Wildman–Crippen LogP) is 1.98. The van der Waals surface area contributed by atoms with Crippen molar-refractivity contribution in [2.45, 2.75) is 50.9 Å². The van der Waals surface area contributed by atoms with Gasteiger partial charge in [0.15, 0.2) is 11.2 Å². The maximum atomic E-state index is 9.88. The first-order valence-electron chi connectivity index (χ1n) is 8.11. The Morgan fingerprint density at radius 3 is 2.75 bits per heavy atom. The number of imidazole rings is 1. The van der Waals surface area contributed by atoms with E-state index in [1.807, 2.05) is 31.4 Å². The van der Waals surface area contributed by atoms with Gasteiger partial charge in [-0.05, 0) is 26.8 Å². The Bertz CT molecular complexity index is 768. The van der Waals surface area contributed by atoms with Gasteiger partial charge in [-0.3, -0.25) is 4.57 Å². The molecule has 3 rings (SSSR count). The van der Waals surface area contributed by atoms with Crippen molar-refractivity contribution in [2.75, 3.05) is 6.61 Å². The number of fused-ring (bicyclic) bond motifs is 1. The molecule has 2 aromatic rings. The van der Waals surface area contributed by atoms with Crippen molar-refractivity contribution in [2.24, 2.45) is 0 Å². The molecule has 1 N–H and O–H groups in total. The zero-order valence-electron chi connectivity index (χ0n) is 14.7. The van der Waals surface area contributed by atoms with Gasteiger partial charge >= 0.3 is 0 Å². The first-order valence-corrected chi connectivity index (χ1v) is 11.0. The number of aromatic hydroxyl groups is 1. The topological polar surface area (TPSA) is 82.3 Å². The molecule has 0 unspecified atom stereocenters. The first kappa shape index (κ1) is 17.1. The lowest BCUT2D eigenvalue weighted by Crippen LogP contribution is -2.45. The van der Waals surface area contributed by atoms with Gasteiger partial charge in [-0.1, -0.05) is 19.2 Å². The van der Waals surface area contributed by atoms with Gasteiger partial charge in [-0.25, -0.2) is 9.97 Å². The minimum Gasteiger partial charge on any atom is -0.492 e. The Balaban J connectivity index is 1.93. The number of hydrogen-bond acceptors (Lipinski definition) is 6. The molecule has 2 aromatic heterocycles. The van der Waals surface area contributed by atoms with E-state index in [0.717, 1.165) is 0 Å². The van der Waals surface area contributed by atoms with Crippen molar-refractivity contribution in [1.82, 2.24) is 19.5 Å². The number of ether oxygens (including phenoxy) is 2. The second kappa shape index (κ2) is 5.94. The zero-order valence-corrected chi connectivity index (χ0v) is 15.9. The van der Waals surface area contributed by atoms with Crippen LogP contribution >= 0.6 is 0 Å². The van der Waals surface area contributed by atoms with Crippen molar-refractivity contribution < 1.29 is 14.6 Å². The van der Waals surface area contributed by atoms with Crippen molar-refractivity contribution in [1.29, 1.82) is 0 Å². The van der Waals surface area contributed by atoms with Gasteiger partial charge in [-0.2, -0.15) is 4.98 Å². The normalized spacial score (nSPS) is 24.3. The van der Waals surface area contributed by atoms with Crippen LogP contribution in [0.3, 0.4) is 0 Å². The van der Waals surface area contributed by atoms with Crippen LogP contribution in [-0.4, -0.2) is 51.7 Å². The summed E-state index contributed by atoms with van der Waals surface area (Å²) in [5.41, 5.74) is 0.752. The number of hydrogen-bond donors (Lipinski definition) is 1. The van der Waals surface area contributed by atoms with E-state index in [1.165, 1.54) is 6.33 Å². The van der Waals surface area contributed by atoms with Crippen LogP contribution in [0.5, 0.6) is 5.88 Å². The van der Waals surface area contributed by atoms with Crippen LogP contribution in [-0.2, 0) is 14.8 Å². The molecule has 0 radical (unpaired) electrons. The van der Waals surface area contributed by atoms with Crippen LogP contribution < -0.4 is 0 Å². The summed E-state index contributed by atoms with van der Waals surface area (Å²) < 4.78 is 14.2. The Morgan fingerprint density at radius 1 is 1.33 bits per heavy atom. The molecule has 0 aromatic carbocycles. The van der Waals surface area contributed by atoms with Gasteiger partial charge in [0.1, 0.15) is 26.6 Å².